The zero-order valence-electron chi connectivity index (χ0n) is 10.2. The summed E-state index contributed by atoms with van der Waals surface area (Å²) in [7, 11) is 0. The normalized spacial score (nSPS) is 12.4. The number of unbranched alkanes of at least 4 members (excludes halogenated alkanes) is 1. The molecule has 0 bridgehead atoms. The second-order valence-electron chi connectivity index (χ2n) is 4.12. The van der Waals surface area contributed by atoms with E-state index in [0.717, 1.165) is 32.1 Å². The fourth-order valence-electron chi connectivity index (χ4n) is 1.67. The molecule has 1 amide bonds. The third kappa shape index (κ3) is 8.98. The first-order chi connectivity index (χ1) is 7.74. The molecule has 4 heteroatoms. The number of hydrogen-bond acceptors (Lipinski definition) is 2. The molecule has 0 aromatic heterocycles. The van der Waals surface area contributed by atoms with Crippen LogP contribution in [0.25, 0.3) is 0 Å². The van der Waals surface area contributed by atoms with Crippen molar-refractivity contribution in [3.8, 4) is 0 Å². The molecule has 0 radical (unpaired) electrons. The first-order valence-corrected chi connectivity index (χ1v) is 6.71. The van der Waals surface area contributed by atoms with E-state index in [9.17, 15) is 4.79 Å². The lowest BCUT2D eigenvalue weighted by Gasteiger charge is -2.15. The largest absolute Gasteiger partial charge is 0.396 e. The van der Waals surface area contributed by atoms with Gasteiger partial charge in [0.1, 0.15) is 0 Å². The van der Waals surface area contributed by atoms with E-state index in [4.69, 9.17) is 16.7 Å². The minimum atomic E-state index is 0.101. The van der Waals surface area contributed by atoms with Crippen molar-refractivity contribution < 1.29 is 9.90 Å². The molecule has 96 valence electrons. The smallest absolute Gasteiger partial charge is 0.220 e. The maximum atomic E-state index is 11.4. The van der Waals surface area contributed by atoms with Gasteiger partial charge in [-0.15, -0.1) is 11.6 Å². The average Bonchev–Trinajstić information content (AvgIpc) is 2.27. The monoisotopic (exact) mass is 249 g/mol. The standard InChI is InChI=1S/C12H24ClNO2/c1-2-5-11(7-9-15)10-14-12(16)6-3-4-8-13/h11,15H,2-10H2,1H3,(H,14,16). The van der Waals surface area contributed by atoms with Gasteiger partial charge in [-0.3, -0.25) is 4.79 Å². The number of amides is 1. The number of rotatable bonds is 10. The lowest BCUT2D eigenvalue weighted by atomic mass is 10.0. The second-order valence-corrected chi connectivity index (χ2v) is 4.50. The predicted octanol–water partition coefficient (Wildman–Crippen LogP) is 2.31. The molecule has 0 fully saturated rings. The molecule has 3 nitrogen and oxygen atoms in total. The van der Waals surface area contributed by atoms with E-state index in [1.54, 1.807) is 0 Å². The minimum absolute atomic E-state index is 0.101. The Morgan fingerprint density at radius 3 is 2.69 bits per heavy atom. The van der Waals surface area contributed by atoms with E-state index in [2.05, 4.69) is 12.2 Å². The molecule has 0 spiro atoms. The Labute approximate surface area is 104 Å². The van der Waals surface area contributed by atoms with Crippen LogP contribution in [0.15, 0.2) is 0 Å². The summed E-state index contributed by atoms with van der Waals surface area (Å²) in [6, 6.07) is 0. The van der Waals surface area contributed by atoms with Crippen LogP contribution >= 0.6 is 11.6 Å². The highest BCUT2D eigenvalue weighted by molar-refractivity contribution is 6.17. The SMILES string of the molecule is CCCC(CCO)CNC(=O)CCCCCl. The van der Waals surface area contributed by atoms with E-state index >= 15 is 0 Å². The zero-order valence-corrected chi connectivity index (χ0v) is 10.9. The summed E-state index contributed by atoms with van der Waals surface area (Å²) in [6.45, 7) is 3.01. The average molecular weight is 250 g/mol. The first kappa shape index (κ1) is 15.7. The van der Waals surface area contributed by atoms with Crippen LogP contribution < -0.4 is 5.32 Å². The van der Waals surface area contributed by atoms with Gasteiger partial charge in [0.25, 0.3) is 0 Å². The fourth-order valence-corrected chi connectivity index (χ4v) is 1.85. The second kappa shape index (κ2) is 11.2. The summed E-state index contributed by atoms with van der Waals surface area (Å²) < 4.78 is 0. The van der Waals surface area contributed by atoms with Gasteiger partial charge in [-0.2, -0.15) is 0 Å². The summed E-state index contributed by atoms with van der Waals surface area (Å²) in [5, 5.41) is 11.8. The van der Waals surface area contributed by atoms with Crippen LogP contribution in [0.2, 0.25) is 0 Å². The maximum absolute atomic E-state index is 11.4. The van der Waals surface area contributed by atoms with Crippen molar-refractivity contribution in [2.24, 2.45) is 5.92 Å². The van der Waals surface area contributed by atoms with E-state index < -0.39 is 0 Å². The molecule has 0 aliphatic heterocycles. The maximum Gasteiger partial charge on any atom is 0.220 e. The predicted molar refractivity (Wildman–Crippen MR) is 67.7 cm³/mol. The highest BCUT2D eigenvalue weighted by Crippen LogP contribution is 2.09. The van der Waals surface area contributed by atoms with Crippen molar-refractivity contribution >= 4 is 17.5 Å². The van der Waals surface area contributed by atoms with Crippen molar-refractivity contribution in [1.82, 2.24) is 5.32 Å². The van der Waals surface area contributed by atoms with Crippen LogP contribution in [0.5, 0.6) is 0 Å². The molecule has 2 N–H and O–H groups in total. The number of carbonyl (C=O) groups is 1. The molecule has 0 saturated carbocycles. The van der Waals surface area contributed by atoms with Crippen molar-refractivity contribution in [1.29, 1.82) is 0 Å². The summed E-state index contributed by atoms with van der Waals surface area (Å²) >= 11 is 5.54. The quantitative estimate of drug-likeness (QED) is 0.461. The van der Waals surface area contributed by atoms with Gasteiger partial charge in [0.15, 0.2) is 0 Å². The summed E-state index contributed by atoms with van der Waals surface area (Å²) in [5.74, 6) is 1.13. The Morgan fingerprint density at radius 2 is 2.12 bits per heavy atom. The molecule has 1 atom stereocenters. The number of aliphatic hydroxyl groups is 1. The lowest BCUT2D eigenvalue weighted by molar-refractivity contribution is -0.121. The van der Waals surface area contributed by atoms with Gasteiger partial charge < -0.3 is 10.4 Å². The van der Waals surface area contributed by atoms with Crippen molar-refractivity contribution in [3.63, 3.8) is 0 Å². The van der Waals surface area contributed by atoms with Crippen LogP contribution in [-0.2, 0) is 4.79 Å². The highest BCUT2D eigenvalue weighted by Gasteiger charge is 2.08. The van der Waals surface area contributed by atoms with Gasteiger partial charge in [-0.1, -0.05) is 13.3 Å². The number of halogens is 1. The van der Waals surface area contributed by atoms with Gasteiger partial charge in [-0.25, -0.2) is 0 Å². The Hall–Kier alpha value is -0.280. The first-order valence-electron chi connectivity index (χ1n) is 6.18. The van der Waals surface area contributed by atoms with Crippen LogP contribution in [0, 0.1) is 5.92 Å². The van der Waals surface area contributed by atoms with Gasteiger partial charge in [0.05, 0.1) is 0 Å². The molecular weight excluding hydrogens is 226 g/mol. The topological polar surface area (TPSA) is 49.3 Å². The lowest BCUT2D eigenvalue weighted by Crippen LogP contribution is -2.29. The molecule has 0 saturated heterocycles. The van der Waals surface area contributed by atoms with Crippen molar-refractivity contribution in [2.75, 3.05) is 19.0 Å². The van der Waals surface area contributed by atoms with Crippen LogP contribution in [0.1, 0.15) is 45.4 Å². The van der Waals surface area contributed by atoms with E-state index in [0.29, 0.717) is 24.8 Å². The van der Waals surface area contributed by atoms with Crippen molar-refractivity contribution in [2.45, 2.75) is 45.4 Å². The molecule has 0 aromatic rings. The summed E-state index contributed by atoms with van der Waals surface area (Å²) in [4.78, 5) is 11.4. The number of carbonyl (C=O) groups excluding carboxylic acids is 1. The Bertz CT molecular complexity index is 170. The van der Waals surface area contributed by atoms with E-state index in [1.165, 1.54) is 0 Å². The van der Waals surface area contributed by atoms with Crippen molar-refractivity contribution in [3.05, 3.63) is 0 Å². The molecule has 0 rings (SSSR count). The third-order valence-corrected chi connectivity index (χ3v) is 2.88. The number of aliphatic hydroxyl groups excluding tert-OH is 1. The number of alkyl halides is 1. The van der Waals surface area contributed by atoms with Gasteiger partial charge in [-0.05, 0) is 31.6 Å². The molecule has 0 aliphatic carbocycles. The van der Waals surface area contributed by atoms with Crippen LogP contribution in [0.3, 0.4) is 0 Å². The van der Waals surface area contributed by atoms with Gasteiger partial charge in [0, 0.05) is 25.5 Å². The molecule has 0 heterocycles. The molecule has 1 unspecified atom stereocenters. The van der Waals surface area contributed by atoms with Crippen LogP contribution in [0.4, 0.5) is 0 Å². The number of nitrogens with one attached hydrogen (secondary N) is 1. The van der Waals surface area contributed by atoms with E-state index in [-0.39, 0.29) is 12.5 Å². The van der Waals surface area contributed by atoms with Gasteiger partial charge >= 0.3 is 0 Å². The Morgan fingerprint density at radius 1 is 1.38 bits per heavy atom. The Kier molecular flexibility index (Phi) is 11.0. The third-order valence-electron chi connectivity index (χ3n) is 2.61. The molecule has 0 aromatic carbocycles. The summed E-state index contributed by atoms with van der Waals surface area (Å²) in [5.41, 5.74) is 0. The molecular formula is C12H24ClNO2. The number of hydrogen-bond donors (Lipinski definition) is 2. The van der Waals surface area contributed by atoms with Crippen LogP contribution in [-0.4, -0.2) is 30.0 Å². The zero-order chi connectivity index (χ0) is 12.2. The Balaban J connectivity index is 3.60. The highest BCUT2D eigenvalue weighted by atomic mass is 35.5. The minimum Gasteiger partial charge on any atom is -0.396 e. The fraction of sp³-hybridized carbons (Fsp3) is 0.917. The van der Waals surface area contributed by atoms with Gasteiger partial charge in [0.2, 0.25) is 5.91 Å². The molecule has 0 aliphatic rings. The van der Waals surface area contributed by atoms with E-state index in [1.807, 2.05) is 0 Å². The molecule has 16 heavy (non-hydrogen) atoms. The summed E-state index contributed by atoms with van der Waals surface area (Å²) in [6.07, 6.45) is 5.23.